The molecule has 6 heteroatoms. The number of unbranched alkanes of at least 4 members (excludes halogenated alkanes) is 1. The second-order valence-corrected chi connectivity index (χ2v) is 7.07. The Kier molecular flexibility index (Phi) is 7.39. The lowest BCUT2D eigenvalue weighted by Gasteiger charge is -2.23. The Morgan fingerprint density at radius 3 is 2.38 bits per heavy atom. The molecule has 0 spiro atoms. The lowest BCUT2D eigenvalue weighted by atomic mass is 10.1. The number of amides is 1. The molecule has 3 aromatic rings. The Balaban J connectivity index is 1.52. The van der Waals surface area contributed by atoms with Crippen molar-refractivity contribution in [3.05, 3.63) is 77.9 Å². The van der Waals surface area contributed by atoms with Crippen LogP contribution < -0.4 is 10.2 Å². The van der Waals surface area contributed by atoms with Crippen molar-refractivity contribution in [2.45, 2.75) is 39.8 Å². The third-order valence-corrected chi connectivity index (χ3v) is 4.95. The van der Waals surface area contributed by atoms with Crippen LogP contribution in [0.5, 0.6) is 0 Å². The molecule has 0 unspecified atom stereocenters. The minimum atomic E-state index is -0.0557. The fourth-order valence-electron chi connectivity index (χ4n) is 3.19. The third kappa shape index (κ3) is 5.91. The maximum Gasteiger partial charge on any atom is 0.251 e. The van der Waals surface area contributed by atoms with Gasteiger partial charge in [0.25, 0.3) is 5.91 Å². The monoisotopic (exact) mass is 391 g/mol. The molecule has 1 heterocycles. The molecule has 0 atom stereocenters. The normalized spacial score (nSPS) is 10.7. The van der Waals surface area contributed by atoms with Crippen LogP contribution >= 0.6 is 0 Å². The number of carbonyl (C=O) groups excluding carboxylic acids is 1. The zero-order valence-electron chi connectivity index (χ0n) is 17.2. The van der Waals surface area contributed by atoms with Crippen molar-refractivity contribution in [1.29, 1.82) is 0 Å². The molecule has 1 aromatic heterocycles. The lowest BCUT2D eigenvalue weighted by molar-refractivity contribution is 0.0951. The highest BCUT2D eigenvalue weighted by Gasteiger charge is 2.08. The lowest BCUT2D eigenvalue weighted by Crippen LogP contribution is -2.25. The first-order valence-electron chi connectivity index (χ1n) is 10.2. The summed E-state index contributed by atoms with van der Waals surface area (Å²) >= 11 is 0. The number of nitrogens with one attached hydrogen (secondary N) is 1. The molecule has 0 saturated heterocycles. The van der Waals surface area contributed by atoms with Gasteiger partial charge >= 0.3 is 0 Å². The SMILES string of the molecule is CCCCN(CC)c1ccc(C(=O)NCc2ccc(Cn3cncn3)cc2)cc1. The first kappa shape index (κ1) is 20.6. The van der Waals surface area contributed by atoms with Crippen molar-refractivity contribution in [3.63, 3.8) is 0 Å². The molecule has 0 bridgehead atoms. The number of hydrogen-bond donors (Lipinski definition) is 1. The fraction of sp³-hybridized carbons (Fsp3) is 0.348. The number of carbonyl (C=O) groups is 1. The molecule has 0 radical (unpaired) electrons. The zero-order chi connectivity index (χ0) is 20.5. The van der Waals surface area contributed by atoms with E-state index in [0.29, 0.717) is 18.7 Å². The molecule has 152 valence electrons. The molecule has 0 saturated carbocycles. The van der Waals surface area contributed by atoms with E-state index in [1.807, 2.05) is 48.5 Å². The van der Waals surface area contributed by atoms with Gasteiger partial charge in [-0.15, -0.1) is 0 Å². The van der Waals surface area contributed by atoms with E-state index in [1.54, 1.807) is 11.0 Å². The van der Waals surface area contributed by atoms with Crippen molar-refractivity contribution in [2.24, 2.45) is 0 Å². The Morgan fingerprint density at radius 1 is 1.03 bits per heavy atom. The van der Waals surface area contributed by atoms with Gasteiger partial charge in [0, 0.05) is 30.9 Å². The second-order valence-electron chi connectivity index (χ2n) is 7.07. The summed E-state index contributed by atoms with van der Waals surface area (Å²) in [5.41, 5.74) is 4.06. The molecule has 2 aromatic carbocycles. The highest BCUT2D eigenvalue weighted by molar-refractivity contribution is 5.94. The standard InChI is InChI=1S/C23H29N5O/c1-3-5-14-27(4-2)22-12-10-21(11-13-22)23(29)25-15-19-6-8-20(9-7-19)16-28-18-24-17-26-28/h6-13,17-18H,3-5,14-16H2,1-2H3,(H,25,29). The minimum absolute atomic E-state index is 0.0557. The van der Waals surface area contributed by atoms with E-state index in [-0.39, 0.29) is 5.91 Å². The van der Waals surface area contributed by atoms with Crippen LogP contribution in [0.4, 0.5) is 5.69 Å². The topological polar surface area (TPSA) is 63.1 Å². The van der Waals surface area contributed by atoms with Crippen LogP contribution in [-0.2, 0) is 13.1 Å². The maximum atomic E-state index is 12.5. The van der Waals surface area contributed by atoms with Crippen LogP contribution in [-0.4, -0.2) is 33.8 Å². The largest absolute Gasteiger partial charge is 0.372 e. The summed E-state index contributed by atoms with van der Waals surface area (Å²) in [5.74, 6) is -0.0557. The van der Waals surface area contributed by atoms with Crippen LogP contribution in [0.2, 0.25) is 0 Å². The number of nitrogens with zero attached hydrogens (tertiary/aromatic N) is 4. The summed E-state index contributed by atoms with van der Waals surface area (Å²) in [5, 5.41) is 7.11. The molecule has 0 aliphatic carbocycles. The average Bonchev–Trinajstić information content (AvgIpc) is 3.27. The quantitative estimate of drug-likeness (QED) is 0.570. The summed E-state index contributed by atoms with van der Waals surface area (Å²) in [7, 11) is 0. The molecule has 0 fully saturated rings. The van der Waals surface area contributed by atoms with E-state index < -0.39 is 0 Å². The van der Waals surface area contributed by atoms with Gasteiger partial charge in [-0.1, -0.05) is 37.6 Å². The Labute approximate surface area is 172 Å². The molecule has 0 aliphatic heterocycles. The first-order chi connectivity index (χ1) is 14.2. The van der Waals surface area contributed by atoms with Crippen LogP contribution in [0.1, 0.15) is 48.2 Å². The van der Waals surface area contributed by atoms with Crippen LogP contribution in [0.25, 0.3) is 0 Å². The van der Waals surface area contributed by atoms with Gasteiger partial charge in [-0.25, -0.2) is 9.67 Å². The molecule has 1 N–H and O–H groups in total. The predicted molar refractivity (Wildman–Crippen MR) is 116 cm³/mol. The van der Waals surface area contributed by atoms with Gasteiger partial charge in [-0.05, 0) is 48.7 Å². The smallest absolute Gasteiger partial charge is 0.251 e. The summed E-state index contributed by atoms with van der Waals surface area (Å²) in [6.07, 6.45) is 5.58. The van der Waals surface area contributed by atoms with Gasteiger partial charge in [-0.2, -0.15) is 5.10 Å². The number of anilines is 1. The molecular formula is C23H29N5O. The molecule has 0 aliphatic rings. The Hall–Kier alpha value is -3.15. The zero-order valence-corrected chi connectivity index (χ0v) is 17.2. The minimum Gasteiger partial charge on any atom is -0.372 e. The van der Waals surface area contributed by atoms with E-state index in [1.165, 1.54) is 24.9 Å². The van der Waals surface area contributed by atoms with Gasteiger partial charge in [0.2, 0.25) is 0 Å². The average molecular weight is 392 g/mol. The van der Waals surface area contributed by atoms with Gasteiger partial charge in [-0.3, -0.25) is 4.79 Å². The molecule has 6 nitrogen and oxygen atoms in total. The van der Waals surface area contributed by atoms with Crippen LogP contribution in [0.3, 0.4) is 0 Å². The third-order valence-electron chi connectivity index (χ3n) is 4.95. The Bertz CT molecular complexity index is 873. The number of rotatable bonds is 10. The highest BCUT2D eigenvalue weighted by Crippen LogP contribution is 2.16. The van der Waals surface area contributed by atoms with Gasteiger partial charge in [0.05, 0.1) is 6.54 Å². The Morgan fingerprint density at radius 2 is 1.76 bits per heavy atom. The van der Waals surface area contributed by atoms with Crippen LogP contribution in [0.15, 0.2) is 61.2 Å². The maximum absolute atomic E-state index is 12.5. The van der Waals surface area contributed by atoms with E-state index >= 15 is 0 Å². The number of benzene rings is 2. The second kappa shape index (κ2) is 10.4. The van der Waals surface area contributed by atoms with E-state index in [0.717, 1.165) is 24.2 Å². The molecule has 29 heavy (non-hydrogen) atoms. The van der Waals surface area contributed by atoms with E-state index in [4.69, 9.17) is 0 Å². The summed E-state index contributed by atoms with van der Waals surface area (Å²) in [4.78, 5) is 18.8. The van der Waals surface area contributed by atoms with Crippen molar-refractivity contribution in [1.82, 2.24) is 20.1 Å². The van der Waals surface area contributed by atoms with E-state index in [9.17, 15) is 4.79 Å². The number of hydrogen-bond acceptors (Lipinski definition) is 4. The van der Waals surface area contributed by atoms with Gasteiger partial charge < -0.3 is 10.2 Å². The van der Waals surface area contributed by atoms with Gasteiger partial charge in [0.15, 0.2) is 0 Å². The van der Waals surface area contributed by atoms with Crippen molar-refractivity contribution >= 4 is 11.6 Å². The summed E-state index contributed by atoms with van der Waals surface area (Å²) in [6, 6.07) is 16.0. The first-order valence-corrected chi connectivity index (χ1v) is 10.2. The van der Waals surface area contributed by atoms with Crippen LogP contribution in [0, 0.1) is 0 Å². The predicted octanol–water partition coefficient (Wildman–Crippen LogP) is 3.88. The van der Waals surface area contributed by atoms with E-state index in [2.05, 4.69) is 34.1 Å². The van der Waals surface area contributed by atoms with Gasteiger partial charge in [0.1, 0.15) is 12.7 Å². The summed E-state index contributed by atoms with van der Waals surface area (Å²) in [6.45, 7) is 7.57. The molecular weight excluding hydrogens is 362 g/mol. The molecule has 1 amide bonds. The summed E-state index contributed by atoms with van der Waals surface area (Å²) < 4.78 is 1.78. The number of aromatic nitrogens is 3. The van der Waals surface area contributed by atoms with Crippen molar-refractivity contribution in [3.8, 4) is 0 Å². The molecule has 3 rings (SSSR count). The van der Waals surface area contributed by atoms with Crippen molar-refractivity contribution in [2.75, 3.05) is 18.0 Å². The van der Waals surface area contributed by atoms with Crippen molar-refractivity contribution < 1.29 is 4.79 Å². The highest BCUT2D eigenvalue weighted by atomic mass is 16.1. The fourth-order valence-corrected chi connectivity index (χ4v) is 3.19.